The lowest BCUT2D eigenvalue weighted by atomic mass is 9.64. The van der Waals surface area contributed by atoms with E-state index in [-0.39, 0.29) is 0 Å². The average molecular weight is 1430 g/mol. The number of hydrogen-bond acceptors (Lipinski definition) is 18. The quantitative estimate of drug-likeness (QED) is 0.0153. The third kappa shape index (κ3) is 18.2. The topological polar surface area (TPSA) is 190 Å². The minimum atomic E-state index is -0.861. The van der Waals surface area contributed by atoms with Crippen molar-refractivity contribution in [1.29, 1.82) is 0 Å². The molecule has 7 aromatic carbocycles. The van der Waals surface area contributed by atoms with E-state index in [4.69, 9.17) is 71.1 Å². The van der Waals surface area contributed by atoms with Gasteiger partial charge in [-0.05, 0) is 214 Å². The molecule has 0 atom stereocenters. The molecule has 552 valence electrons. The fraction of sp³-hybridized carbons (Fsp3) is 0.414. The number of esters is 3. The molecule has 18 nitrogen and oxygen atoms in total. The van der Waals surface area contributed by atoms with Gasteiger partial charge in [-0.3, -0.25) is 0 Å². The standard InChI is InChI=1S/C87H96O18/c1-91-46-52-100-40-34-85(35-41-101-53-47-92-2)73-58-64(13-10-61-16-25-67(26-17-61)82(88)97-7)22-31-70(73)76-79(85)77-71-32-23-65(14-11-62-18-27-68(28-19-62)83(89)98-8)59-74(71)86(36-42-102-54-48-93-3,37-43-103-55-49-94-4)81(77)78-72-33-24-66(15-12-63-20-29-69(30-21-63)84(90)99-9)60-75(72)87(80(76)78,38-44-104-56-50-95-5)39-45-105-57-51-96-6/h16-33,58-60H,34-57H2,1-9H3. The van der Waals surface area contributed by atoms with E-state index in [0.29, 0.717) is 174 Å². The first-order valence-corrected chi connectivity index (χ1v) is 35.6. The van der Waals surface area contributed by atoms with Gasteiger partial charge < -0.3 is 71.1 Å². The summed E-state index contributed by atoms with van der Waals surface area (Å²) in [6, 6.07) is 41.3. The summed E-state index contributed by atoms with van der Waals surface area (Å²) < 4.78 is 89.2. The molecule has 0 spiro atoms. The molecule has 105 heavy (non-hydrogen) atoms. The van der Waals surface area contributed by atoms with Crippen molar-refractivity contribution in [3.8, 4) is 68.9 Å². The molecular weight excluding hydrogens is 1330 g/mol. The molecular formula is C87H96O18. The largest absolute Gasteiger partial charge is 0.465 e. The highest BCUT2D eigenvalue weighted by Gasteiger charge is 2.58. The molecule has 3 aliphatic rings. The molecule has 0 saturated heterocycles. The van der Waals surface area contributed by atoms with E-state index >= 15 is 0 Å². The van der Waals surface area contributed by atoms with Gasteiger partial charge in [-0.15, -0.1) is 0 Å². The number of benzene rings is 7. The second kappa shape index (κ2) is 39.0. The highest BCUT2D eigenvalue weighted by atomic mass is 16.6. The maximum Gasteiger partial charge on any atom is 0.337 e. The maximum absolute atomic E-state index is 12.6. The van der Waals surface area contributed by atoms with E-state index in [1.54, 1.807) is 79.1 Å². The molecule has 3 aliphatic carbocycles. The van der Waals surface area contributed by atoms with Gasteiger partial charge in [-0.2, -0.15) is 0 Å². The minimum Gasteiger partial charge on any atom is -0.465 e. The zero-order valence-corrected chi connectivity index (χ0v) is 61.9. The summed E-state index contributed by atoms with van der Waals surface area (Å²) in [6.07, 6.45) is 3.10. The zero-order chi connectivity index (χ0) is 74.0. The third-order valence-electron chi connectivity index (χ3n) is 20.0. The van der Waals surface area contributed by atoms with E-state index in [9.17, 15) is 14.4 Å². The number of carbonyl (C=O) groups excluding carboxylic acids is 3. The Morgan fingerprint density at radius 1 is 0.257 bits per heavy atom. The molecule has 0 N–H and O–H groups in total. The van der Waals surface area contributed by atoms with E-state index in [2.05, 4.69) is 90.1 Å². The third-order valence-corrected chi connectivity index (χ3v) is 20.0. The van der Waals surface area contributed by atoms with Crippen molar-refractivity contribution >= 4 is 17.9 Å². The Bertz CT molecular complexity index is 3790. The van der Waals surface area contributed by atoms with Crippen molar-refractivity contribution in [3.05, 3.63) is 211 Å². The second-order valence-corrected chi connectivity index (χ2v) is 25.9. The number of rotatable bonds is 39. The Morgan fingerprint density at radius 2 is 0.457 bits per heavy atom. The minimum absolute atomic E-state index is 0.349. The summed E-state index contributed by atoms with van der Waals surface area (Å²) in [4.78, 5) is 37.8. The Morgan fingerprint density at radius 3 is 0.657 bits per heavy atom. The summed E-state index contributed by atoms with van der Waals surface area (Å²) in [7, 11) is 14.2. The molecule has 0 amide bonds. The van der Waals surface area contributed by atoms with Crippen LogP contribution in [0.2, 0.25) is 0 Å². The van der Waals surface area contributed by atoms with Gasteiger partial charge in [0.2, 0.25) is 0 Å². The molecule has 7 aromatic rings. The summed E-state index contributed by atoms with van der Waals surface area (Å²) in [5.41, 5.74) is 16.3. The van der Waals surface area contributed by atoms with E-state index in [1.807, 2.05) is 36.4 Å². The second-order valence-electron chi connectivity index (χ2n) is 25.9. The number of hydrogen-bond donors (Lipinski definition) is 0. The number of methoxy groups -OCH3 is 9. The molecule has 0 aromatic heterocycles. The van der Waals surface area contributed by atoms with Crippen LogP contribution in [0, 0.1) is 35.5 Å². The average Bonchev–Trinajstić information content (AvgIpc) is 1.48. The molecule has 18 heteroatoms. The monoisotopic (exact) mass is 1430 g/mol. The summed E-state index contributed by atoms with van der Waals surface area (Å²) >= 11 is 0. The summed E-state index contributed by atoms with van der Waals surface area (Å²) in [6.45, 7) is 6.69. The predicted molar refractivity (Wildman–Crippen MR) is 400 cm³/mol. The van der Waals surface area contributed by atoms with Gasteiger partial charge in [0.15, 0.2) is 0 Å². The molecule has 0 fully saturated rings. The normalized spacial score (nSPS) is 13.3. The summed E-state index contributed by atoms with van der Waals surface area (Å²) in [5.74, 6) is 19.7. The van der Waals surface area contributed by atoms with Crippen LogP contribution in [-0.2, 0) is 87.3 Å². The van der Waals surface area contributed by atoms with Crippen molar-refractivity contribution in [1.82, 2.24) is 0 Å². The van der Waals surface area contributed by atoms with Crippen molar-refractivity contribution in [2.45, 2.75) is 54.8 Å². The molecule has 10 rings (SSSR count). The van der Waals surface area contributed by atoms with Crippen LogP contribution in [0.15, 0.2) is 127 Å². The fourth-order valence-corrected chi connectivity index (χ4v) is 14.8. The SMILES string of the molecule is COCCOCCC1(CCOCCOC)c2cc(C#Cc3ccc(C(=O)OC)cc3)ccc2-c2c1c1c(c3c2C(CCOCCOC)(CCOCCOC)c2cc(C#Cc4ccc(C(=O)OC)cc4)ccc2-3)C(CCOCCOC)(CCOCCOC)c2cc(C#Cc3ccc(C(=O)OC)cc3)ccc2-1. The van der Waals surface area contributed by atoms with Gasteiger partial charge in [0.05, 0.1) is 117 Å². The van der Waals surface area contributed by atoms with Gasteiger partial charge in [0, 0.05) is 132 Å². The Labute approximate surface area is 617 Å². The predicted octanol–water partition coefficient (Wildman–Crippen LogP) is 12.4. The Hall–Kier alpha value is -8.85. The highest BCUT2D eigenvalue weighted by molar-refractivity contribution is 6.05. The molecule has 0 unspecified atom stereocenters. The lowest BCUT2D eigenvalue weighted by Gasteiger charge is -2.39. The molecule has 0 radical (unpaired) electrons. The van der Waals surface area contributed by atoms with Crippen LogP contribution in [0.5, 0.6) is 0 Å². The van der Waals surface area contributed by atoms with Crippen LogP contribution < -0.4 is 0 Å². The lowest BCUT2D eigenvalue weighted by Crippen LogP contribution is -2.34. The van der Waals surface area contributed by atoms with Gasteiger partial charge in [0.1, 0.15) is 0 Å². The smallest absolute Gasteiger partial charge is 0.337 e. The fourth-order valence-electron chi connectivity index (χ4n) is 14.8. The van der Waals surface area contributed by atoms with Crippen LogP contribution in [0.3, 0.4) is 0 Å². The first-order valence-electron chi connectivity index (χ1n) is 35.6. The maximum atomic E-state index is 12.6. The van der Waals surface area contributed by atoms with E-state index in [0.717, 1.165) is 100 Å². The van der Waals surface area contributed by atoms with Crippen LogP contribution in [-0.4, -0.2) is 201 Å². The number of ether oxygens (including phenoxy) is 15. The first-order chi connectivity index (χ1) is 51.4. The van der Waals surface area contributed by atoms with Crippen LogP contribution >= 0.6 is 0 Å². The summed E-state index contributed by atoms with van der Waals surface area (Å²) in [5, 5.41) is 0. The Balaban J connectivity index is 1.37. The van der Waals surface area contributed by atoms with Crippen LogP contribution in [0.1, 0.15) is 136 Å². The Kier molecular flexibility index (Phi) is 29.2. The molecule has 0 aliphatic heterocycles. The molecule has 0 saturated carbocycles. The molecule has 0 heterocycles. The van der Waals surface area contributed by atoms with Gasteiger partial charge >= 0.3 is 17.9 Å². The lowest BCUT2D eigenvalue weighted by molar-refractivity contribution is 0.0483. The van der Waals surface area contributed by atoms with E-state index < -0.39 is 34.2 Å². The van der Waals surface area contributed by atoms with Gasteiger partial charge in [0.25, 0.3) is 0 Å². The van der Waals surface area contributed by atoms with Gasteiger partial charge in [-0.25, -0.2) is 14.4 Å². The van der Waals surface area contributed by atoms with Crippen LogP contribution in [0.4, 0.5) is 0 Å². The van der Waals surface area contributed by atoms with Gasteiger partial charge in [-0.1, -0.05) is 53.7 Å². The number of carbonyl (C=O) groups is 3. The van der Waals surface area contributed by atoms with Crippen molar-refractivity contribution < 1.29 is 85.4 Å². The number of fused-ring (bicyclic) bond motifs is 12. The molecule has 0 bridgehead atoms. The highest BCUT2D eigenvalue weighted by Crippen LogP contribution is 2.71. The van der Waals surface area contributed by atoms with Crippen molar-refractivity contribution in [2.24, 2.45) is 0 Å². The zero-order valence-electron chi connectivity index (χ0n) is 61.9. The van der Waals surface area contributed by atoms with Crippen molar-refractivity contribution in [3.63, 3.8) is 0 Å². The van der Waals surface area contributed by atoms with E-state index in [1.165, 1.54) is 21.3 Å². The van der Waals surface area contributed by atoms with Crippen molar-refractivity contribution in [2.75, 3.05) is 183 Å². The van der Waals surface area contributed by atoms with Crippen LogP contribution in [0.25, 0.3) is 33.4 Å². The first kappa shape index (κ1) is 78.7.